The van der Waals surface area contributed by atoms with Gasteiger partial charge in [0.05, 0.1) is 0 Å². The van der Waals surface area contributed by atoms with E-state index in [0.29, 0.717) is 12.3 Å². The van der Waals surface area contributed by atoms with Crippen LogP contribution in [0.15, 0.2) is 11.6 Å². The van der Waals surface area contributed by atoms with E-state index in [1.165, 1.54) is 5.57 Å². The van der Waals surface area contributed by atoms with Gasteiger partial charge in [0.15, 0.2) is 0 Å². The molecule has 1 nitrogen and oxygen atoms in total. The Morgan fingerprint density at radius 3 is 2.67 bits per heavy atom. The number of hydrogen-bond acceptors (Lipinski definition) is 1. The Labute approximate surface area is 75.9 Å². The minimum atomic E-state index is 0.545. The molecule has 0 radical (unpaired) electrons. The lowest BCUT2D eigenvalue weighted by atomic mass is 10.0. The van der Waals surface area contributed by atoms with Crippen LogP contribution in [0.2, 0.25) is 0 Å². The van der Waals surface area contributed by atoms with Gasteiger partial charge in [-0.25, -0.2) is 0 Å². The molecule has 70 valence electrons. The van der Waals surface area contributed by atoms with Gasteiger partial charge >= 0.3 is 0 Å². The van der Waals surface area contributed by atoms with Crippen LogP contribution >= 0.6 is 0 Å². The van der Waals surface area contributed by atoms with Gasteiger partial charge < -0.3 is 4.79 Å². The second-order valence-corrected chi connectivity index (χ2v) is 3.49. The van der Waals surface area contributed by atoms with Gasteiger partial charge in [0.1, 0.15) is 6.29 Å². The van der Waals surface area contributed by atoms with Crippen LogP contribution in [0, 0.1) is 5.92 Å². The summed E-state index contributed by atoms with van der Waals surface area (Å²) >= 11 is 0. The molecule has 0 saturated carbocycles. The molecule has 0 heterocycles. The first-order chi connectivity index (χ1) is 5.70. The SMILES string of the molecule is CC/C(C)=C/CC[C@H](C)CC=O. The summed E-state index contributed by atoms with van der Waals surface area (Å²) in [5.41, 5.74) is 1.45. The highest BCUT2D eigenvalue weighted by atomic mass is 16.1. The molecule has 12 heavy (non-hydrogen) atoms. The summed E-state index contributed by atoms with van der Waals surface area (Å²) in [5.74, 6) is 0.545. The molecule has 0 N–H and O–H groups in total. The van der Waals surface area contributed by atoms with Crippen molar-refractivity contribution in [1.29, 1.82) is 0 Å². The maximum absolute atomic E-state index is 10.2. The van der Waals surface area contributed by atoms with E-state index in [2.05, 4.69) is 26.8 Å². The van der Waals surface area contributed by atoms with Crippen LogP contribution in [0.1, 0.15) is 46.5 Å². The number of aldehydes is 1. The van der Waals surface area contributed by atoms with E-state index in [9.17, 15) is 4.79 Å². The van der Waals surface area contributed by atoms with Crippen LogP contribution in [0.3, 0.4) is 0 Å². The van der Waals surface area contributed by atoms with Crippen molar-refractivity contribution in [2.75, 3.05) is 0 Å². The minimum absolute atomic E-state index is 0.545. The topological polar surface area (TPSA) is 17.1 Å². The molecule has 0 aromatic carbocycles. The van der Waals surface area contributed by atoms with Crippen molar-refractivity contribution in [2.24, 2.45) is 5.92 Å². The van der Waals surface area contributed by atoms with Gasteiger partial charge in [0.2, 0.25) is 0 Å². The monoisotopic (exact) mass is 168 g/mol. The molecule has 0 aliphatic rings. The number of allylic oxidation sites excluding steroid dienone is 2. The van der Waals surface area contributed by atoms with Gasteiger partial charge in [-0.05, 0) is 32.1 Å². The Bertz CT molecular complexity index is 147. The molecule has 0 aromatic rings. The molecule has 0 aliphatic carbocycles. The first-order valence-corrected chi connectivity index (χ1v) is 4.80. The fourth-order valence-corrected chi connectivity index (χ4v) is 1.04. The normalized spacial score (nSPS) is 14.4. The quantitative estimate of drug-likeness (QED) is 0.439. The smallest absolute Gasteiger partial charge is 0.120 e. The molecule has 0 bridgehead atoms. The highest BCUT2D eigenvalue weighted by Gasteiger charge is 1.98. The lowest BCUT2D eigenvalue weighted by molar-refractivity contribution is -0.108. The molecule has 0 aliphatic heterocycles. The molecule has 0 amide bonds. The van der Waals surface area contributed by atoms with E-state index < -0.39 is 0 Å². The van der Waals surface area contributed by atoms with Gasteiger partial charge in [0, 0.05) is 6.42 Å². The number of rotatable bonds is 6. The third-order valence-electron chi connectivity index (χ3n) is 2.21. The maximum atomic E-state index is 10.2. The number of hydrogen-bond donors (Lipinski definition) is 0. The third-order valence-corrected chi connectivity index (χ3v) is 2.21. The van der Waals surface area contributed by atoms with Crippen molar-refractivity contribution in [3.8, 4) is 0 Å². The molecule has 0 aromatic heterocycles. The van der Waals surface area contributed by atoms with E-state index in [0.717, 1.165) is 25.5 Å². The molecule has 0 rings (SSSR count). The van der Waals surface area contributed by atoms with E-state index in [1.54, 1.807) is 0 Å². The van der Waals surface area contributed by atoms with Crippen LogP contribution < -0.4 is 0 Å². The Kier molecular flexibility index (Phi) is 6.73. The van der Waals surface area contributed by atoms with E-state index in [1.807, 2.05) is 0 Å². The first-order valence-electron chi connectivity index (χ1n) is 4.80. The van der Waals surface area contributed by atoms with Gasteiger partial charge in [-0.1, -0.05) is 25.5 Å². The van der Waals surface area contributed by atoms with Gasteiger partial charge in [-0.2, -0.15) is 0 Å². The predicted molar refractivity (Wildman–Crippen MR) is 53.1 cm³/mol. The van der Waals surface area contributed by atoms with Crippen molar-refractivity contribution in [3.63, 3.8) is 0 Å². The van der Waals surface area contributed by atoms with Crippen molar-refractivity contribution >= 4 is 6.29 Å². The van der Waals surface area contributed by atoms with E-state index in [-0.39, 0.29) is 0 Å². The second-order valence-electron chi connectivity index (χ2n) is 3.49. The standard InChI is InChI=1S/C11H20O/c1-4-10(2)6-5-7-11(3)8-9-12/h6,9,11H,4-5,7-8H2,1-3H3/b10-6+/t11-/m0/s1. The minimum Gasteiger partial charge on any atom is -0.303 e. The summed E-state index contributed by atoms with van der Waals surface area (Å²) in [7, 11) is 0. The Morgan fingerprint density at radius 2 is 2.17 bits per heavy atom. The van der Waals surface area contributed by atoms with E-state index >= 15 is 0 Å². The average Bonchev–Trinajstić information content (AvgIpc) is 2.04. The zero-order valence-corrected chi connectivity index (χ0v) is 8.47. The Morgan fingerprint density at radius 1 is 1.50 bits per heavy atom. The highest BCUT2D eigenvalue weighted by Crippen LogP contribution is 2.10. The van der Waals surface area contributed by atoms with Crippen molar-refractivity contribution in [1.82, 2.24) is 0 Å². The number of carbonyl (C=O) groups is 1. The van der Waals surface area contributed by atoms with Crippen LogP contribution in [-0.4, -0.2) is 6.29 Å². The van der Waals surface area contributed by atoms with Crippen molar-refractivity contribution < 1.29 is 4.79 Å². The summed E-state index contributed by atoms with van der Waals surface area (Å²) in [6.45, 7) is 6.45. The maximum Gasteiger partial charge on any atom is 0.120 e. The molecule has 0 fully saturated rings. The lowest BCUT2D eigenvalue weighted by Gasteiger charge is -2.04. The molecule has 1 atom stereocenters. The molecule has 0 spiro atoms. The Hall–Kier alpha value is -0.590. The lowest BCUT2D eigenvalue weighted by Crippen LogP contribution is -1.94. The zero-order chi connectivity index (χ0) is 9.40. The largest absolute Gasteiger partial charge is 0.303 e. The van der Waals surface area contributed by atoms with Gasteiger partial charge in [0.25, 0.3) is 0 Å². The van der Waals surface area contributed by atoms with Crippen LogP contribution in [0.5, 0.6) is 0 Å². The highest BCUT2D eigenvalue weighted by molar-refractivity contribution is 5.49. The third kappa shape index (κ3) is 6.14. The second kappa shape index (κ2) is 7.08. The van der Waals surface area contributed by atoms with Crippen LogP contribution in [0.4, 0.5) is 0 Å². The summed E-state index contributed by atoms with van der Waals surface area (Å²) < 4.78 is 0. The fourth-order valence-electron chi connectivity index (χ4n) is 1.04. The summed E-state index contributed by atoms with van der Waals surface area (Å²) in [4.78, 5) is 10.2. The van der Waals surface area contributed by atoms with Gasteiger partial charge in [-0.3, -0.25) is 0 Å². The fraction of sp³-hybridized carbons (Fsp3) is 0.727. The first kappa shape index (κ1) is 11.4. The Balaban J connectivity index is 3.47. The predicted octanol–water partition coefficient (Wildman–Crippen LogP) is 3.35. The molecule has 0 saturated heterocycles. The van der Waals surface area contributed by atoms with Gasteiger partial charge in [-0.15, -0.1) is 0 Å². The number of carbonyl (C=O) groups excluding carboxylic acids is 1. The van der Waals surface area contributed by atoms with E-state index in [4.69, 9.17) is 0 Å². The summed E-state index contributed by atoms with van der Waals surface area (Å²) in [6.07, 6.45) is 7.40. The molecule has 0 unspecified atom stereocenters. The average molecular weight is 168 g/mol. The molecule has 1 heteroatoms. The van der Waals surface area contributed by atoms with Crippen molar-refractivity contribution in [2.45, 2.75) is 46.5 Å². The van der Waals surface area contributed by atoms with Crippen molar-refractivity contribution in [3.05, 3.63) is 11.6 Å². The van der Waals surface area contributed by atoms with Crippen LogP contribution in [-0.2, 0) is 4.79 Å². The molecular formula is C11H20O. The zero-order valence-electron chi connectivity index (χ0n) is 8.47. The summed E-state index contributed by atoms with van der Waals surface area (Å²) in [5, 5.41) is 0. The molecular weight excluding hydrogens is 148 g/mol. The van der Waals surface area contributed by atoms with Crippen LogP contribution in [0.25, 0.3) is 0 Å². The summed E-state index contributed by atoms with van der Waals surface area (Å²) in [6, 6.07) is 0.